The molecule has 0 atom stereocenters. The van der Waals surface area contributed by atoms with Gasteiger partial charge in [0.1, 0.15) is 22.4 Å². The molecule has 0 bridgehead atoms. The van der Waals surface area contributed by atoms with Crippen molar-refractivity contribution in [2.24, 2.45) is 5.73 Å². The van der Waals surface area contributed by atoms with Crippen molar-refractivity contribution in [2.45, 2.75) is 20.1 Å². The lowest BCUT2D eigenvalue weighted by molar-refractivity contribution is 0.0992. The number of nitrogens with two attached hydrogens (primary N) is 1. The van der Waals surface area contributed by atoms with Gasteiger partial charge in [0.15, 0.2) is 17.2 Å². The fourth-order valence-corrected chi connectivity index (χ4v) is 3.70. The first-order chi connectivity index (χ1) is 14.6. The minimum absolute atomic E-state index is 0.00404. The van der Waals surface area contributed by atoms with Gasteiger partial charge in [-0.1, -0.05) is 58.0 Å². The number of aromatic nitrogens is 2. The summed E-state index contributed by atoms with van der Waals surface area (Å²) >= 11 is 30.2. The first kappa shape index (κ1) is 23.6. The molecule has 2 aromatic heterocycles. The van der Waals surface area contributed by atoms with Crippen LogP contribution in [0.2, 0.25) is 25.1 Å². The topological polar surface area (TPSA) is 112 Å². The van der Waals surface area contributed by atoms with Crippen LogP contribution in [0.5, 0.6) is 5.75 Å². The van der Waals surface area contributed by atoms with Crippen molar-refractivity contribution in [1.82, 2.24) is 9.78 Å². The molecular formula is C18H13Cl5N4O4. The number of hydrogen-bond acceptors (Lipinski definition) is 5. The summed E-state index contributed by atoms with van der Waals surface area (Å²) in [5.74, 6) is -1.13. The number of halogens is 5. The van der Waals surface area contributed by atoms with E-state index >= 15 is 0 Å². The maximum absolute atomic E-state index is 12.5. The smallest absolute Gasteiger partial charge is 0.291 e. The number of amides is 2. The van der Waals surface area contributed by atoms with Crippen LogP contribution in [-0.2, 0) is 13.2 Å². The Morgan fingerprint density at radius 1 is 1.10 bits per heavy atom. The van der Waals surface area contributed by atoms with Crippen LogP contribution >= 0.6 is 58.0 Å². The minimum Gasteiger partial charge on any atom is -0.482 e. The van der Waals surface area contributed by atoms with Crippen LogP contribution in [0.1, 0.15) is 33.7 Å². The lowest BCUT2D eigenvalue weighted by Gasteiger charge is -2.12. The average molecular weight is 527 g/mol. The first-order valence-electron chi connectivity index (χ1n) is 8.55. The SMILES string of the molecule is CCn1cc(NC(=O)c2ccc(COc3c(Cl)c(Cl)c(Cl)c(Cl)c3Cl)o2)c(C(N)=O)n1. The molecular weight excluding hydrogens is 513 g/mol. The molecule has 0 unspecified atom stereocenters. The van der Waals surface area contributed by atoms with Gasteiger partial charge in [-0.25, -0.2) is 0 Å². The van der Waals surface area contributed by atoms with Gasteiger partial charge in [-0.2, -0.15) is 5.10 Å². The molecule has 13 heteroatoms. The zero-order valence-corrected chi connectivity index (χ0v) is 19.4. The zero-order chi connectivity index (χ0) is 22.9. The third-order valence-electron chi connectivity index (χ3n) is 3.98. The number of primary amides is 1. The molecule has 0 aliphatic heterocycles. The van der Waals surface area contributed by atoms with Crippen molar-refractivity contribution in [2.75, 3.05) is 5.32 Å². The van der Waals surface area contributed by atoms with Gasteiger partial charge < -0.3 is 20.2 Å². The summed E-state index contributed by atoms with van der Waals surface area (Å²) in [5, 5.41) is 6.49. The van der Waals surface area contributed by atoms with E-state index in [2.05, 4.69) is 10.4 Å². The van der Waals surface area contributed by atoms with Crippen LogP contribution < -0.4 is 15.8 Å². The van der Waals surface area contributed by atoms with Gasteiger partial charge in [0, 0.05) is 12.7 Å². The highest BCUT2D eigenvalue weighted by molar-refractivity contribution is 6.55. The number of carbonyl (C=O) groups excluding carboxylic acids is 2. The van der Waals surface area contributed by atoms with Crippen LogP contribution in [0.3, 0.4) is 0 Å². The van der Waals surface area contributed by atoms with E-state index in [1.54, 1.807) is 0 Å². The van der Waals surface area contributed by atoms with E-state index in [-0.39, 0.29) is 60.4 Å². The van der Waals surface area contributed by atoms with Gasteiger partial charge in [-0.3, -0.25) is 14.3 Å². The fraction of sp³-hybridized carbons (Fsp3) is 0.167. The number of benzene rings is 1. The number of carbonyl (C=O) groups is 2. The van der Waals surface area contributed by atoms with E-state index in [0.29, 0.717) is 6.54 Å². The first-order valence-corrected chi connectivity index (χ1v) is 10.4. The normalized spacial score (nSPS) is 10.9. The van der Waals surface area contributed by atoms with Crippen molar-refractivity contribution < 1.29 is 18.7 Å². The Labute approximate surface area is 201 Å². The van der Waals surface area contributed by atoms with E-state index in [4.69, 9.17) is 72.9 Å². The summed E-state index contributed by atoms with van der Waals surface area (Å²) in [5.41, 5.74) is 5.40. The van der Waals surface area contributed by atoms with Crippen LogP contribution in [0.25, 0.3) is 0 Å². The predicted molar refractivity (Wildman–Crippen MR) is 119 cm³/mol. The molecule has 0 radical (unpaired) electrons. The number of aryl methyl sites for hydroxylation is 1. The number of furan rings is 1. The second-order valence-electron chi connectivity index (χ2n) is 6.02. The maximum atomic E-state index is 12.5. The Balaban J connectivity index is 1.74. The summed E-state index contributed by atoms with van der Waals surface area (Å²) in [7, 11) is 0. The summed E-state index contributed by atoms with van der Waals surface area (Å²) < 4.78 is 12.5. The molecule has 164 valence electrons. The molecule has 8 nitrogen and oxygen atoms in total. The molecule has 3 N–H and O–H groups in total. The van der Waals surface area contributed by atoms with Crippen molar-refractivity contribution in [3.63, 3.8) is 0 Å². The molecule has 0 aliphatic rings. The number of anilines is 1. The van der Waals surface area contributed by atoms with Gasteiger partial charge in [0.2, 0.25) is 0 Å². The lowest BCUT2D eigenvalue weighted by Crippen LogP contribution is -2.17. The number of hydrogen-bond donors (Lipinski definition) is 2. The molecule has 0 saturated carbocycles. The molecule has 3 aromatic rings. The molecule has 2 heterocycles. The van der Waals surface area contributed by atoms with E-state index in [1.165, 1.54) is 23.0 Å². The second-order valence-corrected chi connectivity index (χ2v) is 7.91. The summed E-state index contributed by atoms with van der Waals surface area (Å²) in [4.78, 5) is 24.0. The Morgan fingerprint density at radius 3 is 2.29 bits per heavy atom. The molecule has 2 amide bonds. The molecule has 0 fully saturated rings. The number of rotatable bonds is 7. The monoisotopic (exact) mass is 524 g/mol. The van der Waals surface area contributed by atoms with Crippen LogP contribution in [0.15, 0.2) is 22.7 Å². The Kier molecular flexibility index (Phi) is 7.28. The summed E-state index contributed by atoms with van der Waals surface area (Å²) in [6, 6.07) is 2.94. The molecule has 31 heavy (non-hydrogen) atoms. The molecule has 1 aromatic carbocycles. The molecule has 0 saturated heterocycles. The van der Waals surface area contributed by atoms with Crippen molar-refractivity contribution in [3.8, 4) is 5.75 Å². The predicted octanol–water partition coefficient (Wildman–Crippen LogP) is 5.69. The van der Waals surface area contributed by atoms with Crippen LogP contribution in [0.4, 0.5) is 5.69 Å². The molecule has 0 aliphatic carbocycles. The maximum Gasteiger partial charge on any atom is 0.291 e. The van der Waals surface area contributed by atoms with E-state index in [9.17, 15) is 9.59 Å². The van der Waals surface area contributed by atoms with E-state index < -0.39 is 11.8 Å². The van der Waals surface area contributed by atoms with E-state index in [1.807, 2.05) is 6.92 Å². The summed E-state index contributed by atoms with van der Waals surface area (Å²) in [6.07, 6.45) is 1.49. The second kappa shape index (κ2) is 9.58. The number of nitrogens with one attached hydrogen (secondary N) is 1. The zero-order valence-electron chi connectivity index (χ0n) is 15.6. The highest BCUT2D eigenvalue weighted by Gasteiger charge is 2.22. The van der Waals surface area contributed by atoms with Crippen molar-refractivity contribution in [3.05, 3.63) is 60.7 Å². The Bertz CT molecular complexity index is 1150. The third-order valence-corrected chi connectivity index (χ3v) is 6.22. The van der Waals surface area contributed by atoms with Crippen LogP contribution in [-0.4, -0.2) is 21.6 Å². The van der Waals surface area contributed by atoms with Gasteiger partial charge in [-0.05, 0) is 19.1 Å². The Hall–Kier alpha value is -2.10. The van der Waals surface area contributed by atoms with Gasteiger partial charge in [0.25, 0.3) is 11.8 Å². The van der Waals surface area contributed by atoms with Crippen molar-refractivity contribution >= 4 is 75.5 Å². The van der Waals surface area contributed by atoms with Crippen LogP contribution in [0, 0.1) is 0 Å². The Morgan fingerprint density at radius 2 is 1.71 bits per heavy atom. The van der Waals surface area contributed by atoms with E-state index in [0.717, 1.165) is 0 Å². The lowest BCUT2D eigenvalue weighted by atomic mass is 10.3. The fourth-order valence-electron chi connectivity index (χ4n) is 2.47. The highest BCUT2D eigenvalue weighted by atomic mass is 35.5. The quantitative estimate of drug-likeness (QED) is 0.303. The average Bonchev–Trinajstić information content (AvgIpc) is 3.38. The number of nitrogens with zero attached hydrogens (tertiary/aromatic N) is 2. The largest absolute Gasteiger partial charge is 0.482 e. The van der Waals surface area contributed by atoms with Gasteiger partial charge >= 0.3 is 0 Å². The van der Waals surface area contributed by atoms with Gasteiger partial charge in [-0.15, -0.1) is 0 Å². The standard InChI is InChI=1S/C18H13Cl5N4O4/c1-2-27-5-8(15(26-27)17(24)28)25-18(29)9-4-3-7(31-9)6-30-16-13(22)11(20)10(19)12(21)14(16)23/h3-5H,2,6H2,1H3,(H2,24,28)(H,25,29). The third kappa shape index (κ3) is 4.88. The minimum atomic E-state index is -0.773. The van der Waals surface area contributed by atoms with Crippen molar-refractivity contribution in [1.29, 1.82) is 0 Å². The summed E-state index contributed by atoms with van der Waals surface area (Å²) in [6.45, 7) is 2.17. The molecule has 0 spiro atoms. The molecule has 3 rings (SSSR count). The highest BCUT2D eigenvalue weighted by Crippen LogP contribution is 2.48. The van der Waals surface area contributed by atoms with Gasteiger partial charge in [0.05, 0.1) is 20.8 Å². The number of ether oxygens (including phenoxy) is 1.